The predicted octanol–water partition coefficient (Wildman–Crippen LogP) is 1.24. The number of nitrogens with two attached hydrogens (primary N) is 2. The van der Waals surface area contributed by atoms with Crippen molar-refractivity contribution < 1.29 is 4.79 Å². The van der Waals surface area contributed by atoms with E-state index in [0.29, 0.717) is 12.5 Å². The largest absolute Gasteiger partial charge is 0.399 e. The molecule has 0 bridgehead atoms. The van der Waals surface area contributed by atoms with Gasteiger partial charge in [0.15, 0.2) is 0 Å². The van der Waals surface area contributed by atoms with E-state index in [2.05, 4.69) is 17.9 Å². The SMILES string of the molecule is Cc1cc(N)ccc1C1CCN(CC(N)=O)CC1. The number of rotatable bonds is 3. The number of piperidine rings is 1. The molecule has 2 rings (SSSR count). The highest BCUT2D eigenvalue weighted by Crippen LogP contribution is 2.30. The minimum atomic E-state index is -0.239. The van der Waals surface area contributed by atoms with Crippen LogP contribution in [0.1, 0.15) is 29.9 Å². The summed E-state index contributed by atoms with van der Waals surface area (Å²) in [7, 11) is 0. The van der Waals surface area contributed by atoms with Crippen LogP contribution >= 0.6 is 0 Å². The van der Waals surface area contributed by atoms with Gasteiger partial charge in [0.05, 0.1) is 6.54 Å². The number of nitrogen functional groups attached to an aromatic ring is 1. The zero-order valence-electron chi connectivity index (χ0n) is 10.9. The average Bonchev–Trinajstić information content (AvgIpc) is 2.30. The molecular weight excluding hydrogens is 226 g/mol. The number of primary amides is 1. The van der Waals surface area contributed by atoms with Gasteiger partial charge < -0.3 is 11.5 Å². The first kappa shape index (κ1) is 12.9. The molecule has 0 saturated carbocycles. The number of carbonyl (C=O) groups is 1. The number of hydrogen-bond donors (Lipinski definition) is 2. The van der Waals surface area contributed by atoms with Crippen molar-refractivity contribution in [3.8, 4) is 0 Å². The van der Waals surface area contributed by atoms with E-state index in [-0.39, 0.29) is 5.91 Å². The molecule has 1 aromatic rings. The van der Waals surface area contributed by atoms with Gasteiger partial charge in [-0.3, -0.25) is 9.69 Å². The van der Waals surface area contributed by atoms with Gasteiger partial charge in [0.25, 0.3) is 0 Å². The van der Waals surface area contributed by atoms with Gasteiger partial charge in [-0.15, -0.1) is 0 Å². The summed E-state index contributed by atoms with van der Waals surface area (Å²) in [5.41, 5.74) is 14.5. The van der Waals surface area contributed by atoms with E-state index in [1.807, 2.05) is 12.1 Å². The summed E-state index contributed by atoms with van der Waals surface area (Å²) in [6, 6.07) is 6.14. The summed E-state index contributed by atoms with van der Waals surface area (Å²) >= 11 is 0. The summed E-state index contributed by atoms with van der Waals surface area (Å²) in [5, 5.41) is 0. The highest BCUT2D eigenvalue weighted by atomic mass is 16.1. The van der Waals surface area contributed by atoms with Crippen molar-refractivity contribution in [3.63, 3.8) is 0 Å². The van der Waals surface area contributed by atoms with E-state index in [0.717, 1.165) is 31.6 Å². The van der Waals surface area contributed by atoms with Gasteiger partial charge in [-0.1, -0.05) is 6.07 Å². The lowest BCUT2D eigenvalue weighted by Crippen LogP contribution is -2.39. The fourth-order valence-corrected chi connectivity index (χ4v) is 2.78. The molecule has 18 heavy (non-hydrogen) atoms. The summed E-state index contributed by atoms with van der Waals surface area (Å²) in [6.07, 6.45) is 2.16. The average molecular weight is 247 g/mol. The zero-order valence-corrected chi connectivity index (χ0v) is 10.9. The molecule has 1 saturated heterocycles. The van der Waals surface area contributed by atoms with Crippen LogP contribution in [0.3, 0.4) is 0 Å². The number of aryl methyl sites for hydroxylation is 1. The Kier molecular flexibility index (Phi) is 3.87. The molecule has 0 aliphatic carbocycles. The Morgan fingerprint density at radius 2 is 2.06 bits per heavy atom. The van der Waals surface area contributed by atoms with Gasteiger partial charge in [0, 0.05) is 5.69 Å². The van der Waals surface area contributed by atoms with Crippen molar-refractivity contribution >= 4 is 11.6 Å². The molecule has 0 atom stereocenters. The second kappa shape index (κ2) is 5.40. The van der Waals surface area contributed by atoms with Gasteiger partial charge in [-0.05, 0) is 62.0 Å². The van der Waals surface area contributed by atoms with Crippen LogP contribution < -0.4 is 11.5 Å². The van der Waals surface area contributed by atoms with Gasteiger partial charge >= 0.3 is 0 Å². The third-order valence-corrected chi connectivity index (χ3v) is 3.70. The smallest absolute Gasteiger partial charge is 0.231 e. The van der Waals surface area contributed by atoms with Gasteiger partial charge in [0.1, 0.15) is 0 Å². The lowest BCUT2D eigenvalue weighted by Gasteiger charge is -2.32. The summed E-state index contributed by atoms with van der Waals surface area (Å²) in [5.74, 6) is 0.340. The minimum Gasteiger partial charge on any atom is -0.399 e. The Balaban J connectivity index is 1.99. The number of anilines is 1. The van der Waals surface area contributed by atoms with Gasteiger partial charge in [0.2, 0.25) is 5.91 Å². The molecule has 1 amide bonds. The number of hydrogen-bond acceptors (Lipinski definition) is 3. The normalized spacial score (nSPS) is 17.8. The number of nitrogens with zero attached hydrogens (tertiary/aromatic N) is 1. The molecule has 4 nitrogen and oxygen atoms in total. The molecule has 1 aromatic carbocycles. The first-order valence-electron chi connectivity index (χ1n) is 6.43. The van der Waals surface area contributed by atoms with Crippen LogP contribution in [-0.4, -0.2) is 30.4 Å². The van der Waals surface area contributed by atoms with E-state index in [1.165, 1.54) is 11.1 Å². The van der Waals surface area contributed by atoms with Crippen molar-refractivity contribution in [1.29, 1.82) is 0 Å². The van der Waals surface area contributed by atoms with E-state index in [1.54, 1.807) is 0 Å². The van der Waals surface area contributed by atoms with Crippen molar-refractivity contribution in [2.45, 2.75) is 25.7 Å². The topological polar surface area (TPSA) is 72.3 Å². The Morgan fingerprint density at radius 3 is 2.61 bits per heavy atom. The Morgan fingerprint density at radius 1 is 1.39 bits per heavy atom. The molecule has 1 heterocycles. The molecule has 4 N–H and O–H groups in total. The molecule has 1 fully saturated rings. The van der Waals surface area contributed by atoms with Crippen LogP contribution in [0.2, 0.25) is 0 Å². The molecule has 1 aliphatic rings. The lowest BCUT2D eigenvalue weighted by atomic mass is 9.86. The van der Waals surface area contributed by atoms with Crippen LogP contribution in [0.4, 0.5) is 5.69 Å². The van der Waals surface area contributed by atoms with E-state index >= 15 is 0 Å². The number of benzene rings is 1. The Hall–Kier alpha value is -1.55. The predicted molar refractivity (Wildman–Crippen MR) is 73.2 cm³/mol. The maximum Gasteiger partial charge on any atom is 0.231 e. The van der Waals surface area contributed by atoms with Crippen molar-refractivity contribution in [1.82, 2.24) is 4.90 Å². The quantitative estimate of drug-likeness (QED) is 0.789. The molecule has 0 radical (unpaired) electrons. The van der Waals surface area contributed by atoms with E-state index < -0.39 is 0 Å². The fourth-order valence-electron chi connectivity index (χ4n) is 2.78. The second-order valence-corrected chi connectivity index (χ2v) is 5.13. The lowest BCUT2D eigenvalue weighted by molar-refractivity contribution is -0.119. The van der Waals surface area contributed by atoms with E-state index in [4.69, 9.17) is 11.5 Å². The molecule has 0 unspecified atom stereocenters. The first-order valence-corrected chi connectivity index (χ1v) is 6.43. The summed E-state index contributed by atoms with van der Waals surface area (Å²) in [6.45, 7) is 4.38. The molecular formula is C14H21N3O. The first-order chi connectivity index (χ1) is 8.56. The standard InChI is InChI=1S/C14H21N3O/c1-10-8-12(15)2-3-13(10)11-4-6-17(7-5-11)9-14(16)18/h2-3,8,11H,4-7,9,15H2,1H3,(H2,16,18). The van der Waals surface area contributed by atoms with Crippen molar-refractivity contribution in [2.75, 3.05) is 25.4 Å². The highest BCUT2D eigenvalue weighted by molar-refractivity contribution is 5.75. The highest BCUT2D eigenvalue weighted by Gasteiger charge is 2.22. The summed E-state index contributed by atoms with van der Waals surface area (Å²) < 4.78 is 0. The van der Waals surface area contributed by atoms with Crippen LogP contribution in [0.15, 0.2) is 18.2 Å². The number of amides is 1. The molecule has 4 heteroatoms. The van der Waals surface area contributed by atoms with Crippen LogP contribution in [0.5, 0.6) is 0 Å². The molecule has 0 spiro atoms. The molecule has 98 valence electrons. The number of likely N-dealkylation sites (tertiary alicyclic amines) is 1. The monoisotopic (exact) mass is 247 g/mol. The molecule has 1 aliphatic heterocycles. The zero-order chi connectivity index (χ0) is 13.1. The van der Waals surface area contributed by atoms with Crippen LogP contribution in [0, 0.1) is 6.92 Å². The van der Waals surface area contributed by atoms with E-state index in [9.17, 15) is 4.79 Å². The fraction of sp³-hybridized carbons (Fsp3) is 0.500. The van der Waals surface area contributed by atoms with Gasteiger partial charge in [-0.2, -0.15) is 0 Å². The van der Waals surface area contributed by atoms with Gasteiger partial charge in [-0.25, -0.2) is 0 Å². The Bertz CT molecular complexity index is 437. The minimum absolute atomic E-state index is 0.239. The third-order valence-electron chi connectivity index (χ3n) is 3.70. The Labute approximate surface area is 108 Å². The van der Waals surface area contributed by atoms with Crippen molar-refractivity contribution in [2.24, 2.45) is 5.73 Å². The number of carbonyl (C=O) groups excluding carboxylic acids is 1. The maximum atomic E-state index is 10.9. The second-order valence-electron chi connectivity index (χ2n) is 5.13. The maximum absolute atomic E-state index is 10.9. The van der Waals surface area contributed by atoms with Crippen LogP contribution in [0.25, 0.3) is 0 Å². The third kappa shape index (κ3) is 3.01. The van der Waals surface area contributed by atoms with Crippen molar-refractivity contribution in [3.05, 3.63) is 29.3 Å². The summed E-state index contributed by atoms with van der Waals surface area (Å²) in [4.78, 5) is 13.0. The molecule has 0 aromatic heterocycles. The van der Waals surface area contributed by atoms with Crippen LogP contribution in [-0.2, 0) is 4.79 Å².